The van der Waals surface area contributed by atoms with Crippen molar-refractivity contribution in [1.82, 2.24) is 14.7 Å². The summed E-state index contributed by atoms with van der Waals surface area (Å²) >= 11 is 0. The van der Waals surface area contributed by atoms with Gasteiger partial charge in [0, 0.05) is 25.6 Å². The molecule has 4 heteroatoms. The van der Waals surface area contributed by atoms with Crippen LogP contribution in [0, 0.1) is 0 Å². The highest BCUT2D eigenvalue weighted by Gasteiger charge is 2.20. The summed E-state index contributed by atoms with van der Waals surface area (Å²) in [5, 5.41) is 4.22. The van der Waals surface area contributed by atoms with Gasteiger partial charge in [-0.3, -0.25) is 14.4 Å². The topological polar surface area (TPSA) is 38.1 Å². The molecule has 1 aromatic carbocycles. The lowest BCUT2D eigenvalue weighted by atomic mass is 10.0. The van der Waals surface area contributed by atoms with Gasteiger partial charge in [-0.25, -0.2) is 0 Å². The van der Waals surface area contributed by atoms with Crippen molar-refractivity contribution in [1.29, 1.82) is 0 Å². The SMILES string of the molecule is CC(=O)c1c(-c2ccc([C@@H](C)N3CCCC3)cc2)cnn1C. The van der Waals surface area contributed by atoms with Gasteiger partial charge in [0.05, 0.1) is 6.20 Å². The second-order valence-electron chi connectivity index (χ2n) is 6.13. The molecular formula is C18H23N3O. The number of hydrogen-bond donors (Lipinski definition) is 0. The van der Waals surface area contributed by atoms with Crippen LogP contribution < -0.4 is 0 Å². The van der Waals surface area contributed by atoms with Gasteiger partial charge in [0.15, 0.2) is 5.78 Å². The van der Waals surface area contributed by atoms with Gasteiger partial charge in [-0.05, 0) is 44.0 Å². The van der Waals surface area contributed by atoms with Crippen LogP contribution in [0.4, 0.5) is 0 Å². The predicted octanol–water partition coefficient (Wildman–Crippen LogP) is 3.45. The van der Waals surface area contributed by atoms with E-state index < -0.39 is 0 Å². The fourth-order valence-electron chi connectivity index (χ4n) is 3.35. The van der Waals surface area contributed by atoms with E-state index in [1.54, 1.807) is 17.8 Å². The summed E-state index contributed by atoms with van der Waals surface area (Å²) in [6.07, 6.45) is 4.38. The van der Waals surface area contributed by atoms with Crippen LogP contribution in [0.5, 0.6) is 0 Å². The van der Waals surface area contributed by atoms with E-state index in [0.717, 1.165) is 11.1 Å². The molecule has 0 spiro atoms. The van der Waals surface area contributed by atoms with Gasteiger partial charge in [-0.15, -0.1) is 0 Å². The van der Waals surface area contributed by atoms with Crippen LogP contribution in [0.25, 0.3) is 11.1 Å². The lowest BCUT2D eigenvalue weighted by molar-refractivity contribution is 0.100. The number of carbonyl (C=O) groups is 1. The first-order chi connectivity index (χ1) is 10.6. The zero-order valence-corrected chi connectivity index (χ0v) is 13.5. The van der Waals surface area contributed by atoms with Crippen molar-refractivity contribution < 1.29 is 4.79 Å². The molecule has 0 N–H and O–H groups in total. The summed E-state index contributed by atoms with van der Waals surface area (Å²) < 4.78 is 1.65. The van der Waals surface area contributed by atoms with E-state index in [9.17, 15) is 4.79 Å². The monoisotopic (exact) mass is 297 g/mol. The van der Waals surface area contributed by atoms with Crippen LogP contribution in [-0.2, 0) is 7.05 Å². The number of carbonyl (C=O) groups excluding carboxylic acids is 1. The minimum absolute atomic E-state index is 0.0458. The number of Topliss-reactive ketones (excluding diaryl/α,β-unsaturated/α-hetero) is 1. The molecule has 1 atom stereocenters. The van der Waals surface area contributed by atoms with Crippen molar-refractivity contribution in [3.8, 4) is 11.1 Å². The molecule has 1 aliphatic heterocycles. The molecule has 4 nitrogen and oxygen atoms in total. The van der Waals surface area contributed by atoms with Gasteiger partial charge in [0.1, 0.15) is 5.69 Å². The summed E-state index contributed by atoms with van der Waals surface area (Å²) in [5.74, 6) is 0.0458. The lowest BCUT2D eigenvalue weighted by Gasteiger charge is -2.24. The maximum absolute atomic E-state index is 11.8. The first kappa shape index (κ1) is 15.0. The number of aryl methyl sites for hydroxylation is 1. The number of benzene rings is 1. The Morgan fingerprint density at radius 1 is 1.18 bits per heavy atom. The standard InChI is InChI=1S/C18H23N3O/c1-13(21-10-4-5-11-21)15-6-8-16(9-7-15)17-12-19-20(3)18(17)14(2)22/h6-9,12-13H,4-5,10-11H2,1-3H3/t13-/m1/s1. The van der Waals surface area contributed by atoms with Crippen LogP contribution in [0.15, 0.2) is 30.5 Å². The third kappa shape index (κ3) is 2.71. The zero-order valence-electron chi connectivity index (χ0n) is 13.5. The summed E-state index contributed by atoms with van der Waals surface area (Å²) in [7, 11) is 1.81. The number of likely N-dealkylation sites (tertiary alicyclic amines) is 1. The number of ketones is 1. The van der Waals surface area contributed by atoms with E-state index in [1.165, 1.54) is 31.5 Å². The van der Waals surface area contributed by atoms with Crippen LogP contribution in [-0.4, -0.2) is 33.6 Å². The third-order valence-corrected chi connectivity index (χ3v) is 4.66. The van der Waals surface area contributed by atoms with E-state index >= 15 is 0 Å². The van der Waals surface area contributed by atoms with Gasteiger partial charge in [-0.1, -0.05) is 24.3 Å². The molecule has 22 heavy (non-hydrogen) atoms. The van der Waals surface area contributed by atoms with Crippen LogP contribution in [0.1, 0.15) is 48.8 Å². The van der Waals surface area contributed by atoms with Crippen molar-refractivity contribution in [2.24, 2.45) is 7.05 Å². The normalized spacial score (nSPS) is 16.9. The minimum Gasteiger partial charge on any atom is -0.297 e. The van der Waals surface area contributed by atoms with Gasteiger partial charge in [-0.2, -0.15) is 5.10 Å². The fraction of sp³-hybridized carbons (Fsp3) is 0.444. The van der Waals surface area contributed by atoms with Gasteiger partial charge in [0.25, 0.3) is 0 Å². The van der Waals surface area contributed by atoms with Crippen molar-refractivity contribution in [2.45, 2.75) is 32.7 Å². The Balaban J connectivity index is 1.87. The number of aromatic nitrogens is 2. The Bertz CT molecular complexity index is 666. The molecule has 3 rings (SSSR count). The first-order valence-corrected chi connectivity index (χ1v) is 7.95. The van der Waals surface area contributed by atoms with E-state index in [-0.39, 0.29) is 5.78 Å². The first-order valence-electron chi connectivity index (χ1n) is 7.95. The predicted molar refractivity (Wildman–Crippen MR) is 87.9 cm³/mol. The molecule has 1 aromatic heterocycles. The smallest absolute Gasteiger partial charge is 0.178 e. The molecule has 0 radical (unpaired) electrons. The molecule has 0 bridgehead atoms. The van der Waals surface area contributed by atoms with Crippen molar-refractivity contribution in [3.63, 3.8) is 0 Å². The largest absolute Gasteiger partial charge is 0.297 e. The molecule has 0 unspecified atom stereocenters. The van der Waals surface area contributed by atoms with Crippen LogP contribution in [0.2, 0.25) is 0 Å². The third-order valence-electron chi connectivity index (χ3n) is 4.66. The molecule has 2 aromatic rings. The van der Waals surface area contributed by atoms with Crippen LogP contribution in [0.3, 0.4) is 0 Å². The minimum atomic E-state index is 0.0458. The lowest BCUT2D eigenvalue weighted by Crippen LogP contribution is -2.23. The summed E-state index contributed by atoms with van der Waals surface area (Å²) in [4.78, 5) is 14.3. The highest BCUT2D eigenvalue weighted by Crippen LogP contribution is 2.28. The average Bonchev–Trinajstić information content (AvgIpc) is 3.16. The van der Waals surface area contributed by atoms with E-state index in [2.05, 4.69) is 41.2 Å². The molecule has 2 heterocycles. The molecule has 1 saturated heterocycles. The van der Waals surface area contributed by atoms with Gasteiger partial charge in [0.2, 0.25) is 0 Å². The Hall–Kier alpha value is -1.94. The summed E-state index contributed by atoms with van der Waals surface area (Å²) in [6, 6.07) is 9.01. The Labute approximate surface area is 131 Å². The molecule has 1 fully saturated rings. The highest BCUT2D eigenvalue weighted by molar-refractivity contribution is 5.99. The molecule has 116 valence electrons. The molecule has 1 aliphatic rings. The second-order valence-corrected chi connectivity index (χ2v) is 6.13. The summed E-state index contributed by atoms with van der Waals surface area (Å²) in [5.41, 5.74) is 3.96. The second kappa shape index (κ2) is 6.05. The van der Waals surface area contributed by atoms with Gasteiger partial charge < -0.3 is 0 Å². The van der Waals surface area contributed by atoms with Crippen molar-refractivity contribution in [3.05, 3.63) is 41.7 Å². The van der Waals surface area contributed by atoms with Crippen molar-refractivity contribution >= 4 is 5.78 Å². The van der Waals surface area contributed by atoms with Crippen LogP contribution >= 0.6 is 0 Å². The maximum Gasteiger partial charge on any atom is 0.178 e. The van der Waals surface area contributed by atoms with Gasteiger partial charge >= 0.3 is 0 Å². The summed E-state index contributed by atoms with van der Waals surface area (Å²) in [6.45, 7) is 6.25. The molecule has 0 aliphatic carbocycles. The van der Waals surface area contributed by atoms with E-state index in [4.69, 9.17) is 0 Å². The van der Waals surface area contributed by atoms with E-state index in [0.29, 0.717) is 11.7 Å². The Morgan fingerprint density at radius 3 is 2.41 bits per heavy atom. The van der Waals surface area contributed by atoms with Crippen molar-refractivity contribution in [2.75, 3.05) is 13.1 Å². The Kier molecular flexibility index (Phi) is 4.12. The molecule has 0 saturated carbocycles. The molecular weight excluding hydrogens is 274 g/mol. The average molecular weight is 297 g/mol. The number of rotatable bonds is 4. The van der Waals surface area contributed by atoms with E-state index in [1.807, 2.05) is 7.05 Å². The quantitative estimate of drug-likeness (QED) is 0.811. The maximum atomic E-state index is 11.8. The number of hydrogen-bond acceptors (Lipinski definition) is 3. The fourth-order valence-corrected chi connectivity index (χ4v) is 3.35. The molecule has 0 amide bonds. The zero-order chi connectivity index (χ0) is 15.7. The number of nitrogens with zero attached hydrogens (tertiary/aromatic N) is 3. The Morgan fingerprint density at radius 2 is 1.82 bits per heavy atom. The highest BCUT2D eigenvalue weighted by atomic mass is 16.1.